The number of nitro groups is 1. The van der Waals surface area contributed by atoms with Crippen molar-refractivity contribution in [2.75, 3.05) is 37.7 Å². The van der Waals surface area contributed by atoms with Crippen LogP contribution in [0.15, 0.2) is 24.4 Å². The van der Waals surface area contributed by atoms with Gasteiger partial charge in [-0.25, -0.2) is 9.78 Å². The minimum absolute atomic E-state index is 0.218. The first kappa shape index (κ1) is 24.1. The molecule has 2 aromatic heterocycles. The number of hydrogen-bond donors (Lipinski definition) is 0. The lowest BCUT2D eigenvalue weighted by atomic mass is 10.2. The first-order chi connectivity index (χ1) is 17.1. The third-order valence-electron chi connectivity index (χ3n) is 5.86. The Morgan fingerprint density at radius 3 is 2.72 bits per heavy atom. The highest BCUT2D eigenvalue weighted by Gasteiger charge is 2.29. The Morgan fingerprint density at radius 1 is 1.22 bits per heavy atom. The fourth-order valence-corrected chi connectivity index (χ4v) is 5.10. The number of benzene rings is 1. The van der Waals surface area contributed by atoms with Crippen LogP contribution in [-0.2, 0) is 11.3 Å². The highest BCUT2D eigenvalue weighted by molar-refractivity contribution is 7.22. The van der Waals surface area contributed by atoms with Crippen LogP contribution in [0.4, 0.5) is 15.7 Å². The van der Waals surface area contributed by atoms with E-state index in [-0.39, 0.29) is 24.0 Å². The number of hydrogen-bond acceptors (Lipinski definition) is 10. The molecule has 1 fully saturated rings. The van der Waals surface area contributed by atoms with E-state index in [2.05, 4.69) is 9.88 Å². The number of piperazine rings is 1. The standard InChI is InChI=1S/C23H28N6O6S/c1-23(2,3)35-22(30)27-10-8-26(9-11-27)21-24-17-5-4-15(12-18(17)36-21)33-14-16-6-7-28-13-19(29(31)32)25-20(28)34-16/h4-5,12-13,16H,6-11,14H2,1-3H3/t16-/m1/s1. The second-order valence-electron chi connectivity index (χ2n) is 9.75. The molecule has 1 aromatic carbocycles. The van der Waals surface area contributed by atoms with Crippen LogP contribution in [0.3, 0.4) is 0 Å². The molecule has 0 aliphatic carbocycles. The number of nitrogens with zero attached hydrogens (tertiary/aromatic N) is 6. The fraction of sp³-hybridized carbons (Fsp3) is 0.522. The van der Waals surface area contributed by atoms with Crippen LogP contribution in [0, 0.1) is 10.1 Å². The van der Waals surface area contributed by atoms with Crippen LogP contribution in [0.1, 0.15) is 27.2 Å². The van der Waals surface area contributed by atoms with Crippen LogP contribution in [0.25, 0.3) is 10.2 Å². The summed E-state index contributed by atoms with van der Waals surface area (Å²) < 4.78 is 19.9. The van der Waals surface area contributed by atoms with Crippen molar-refractivity contribution < 1.29 is 23.9 Å². The molecule has 5 rings (SSSR count). The summed E-state index contributed by atoms with van der Waals surface area (Å²) in [6.07, 6.45) is 1.54. The number of carbonyl (C=O) groups excluding carboxylic acids is 1. The van der Waals surface area contributed by atoms with E-state index in [4.69, 9.17) is 19.2 Å². The number of imidazole rings is 1. The van der Waals surface area contributed by atoms with Gasteiger partial charge in [-0.3, -0.25) is 4.57 Å². The van der Waals surface area contributed by atoms with E-state index in [1.54, 1.807) is 20.8 Å². The zero-order valence-corrected chi connectivity index (χ0v) is 21.2. The van der Waals surface area contributed by atoms with Gasteiger partial charge in [0.1, 0.15) is 30.3 Å². The summed E-state index contributed by atoms with van der Waals surface area (Å²) >= 11 is 1.59. The molecule has 0 bridgehead atoms. The molecular weight excluding hydrogens is 488 g/mol. The van der Waals surface area contributed by atoms with Gasteiger partial charge in [0.25, 0.3) is 0 Å². The average Bonchev–Trinajstić information content (AvgIpc) is 3.45. The summed E-state index contributed by atoms with van der Waals surface area (Å²) in [6.45, 7) is 9.05. The monoisotopic (exact) mass is 516 g/mol. The molecule has 0 unspecified atom stereocenters. The number of amides is 1. The van der Waals surface area contributed by atoms with Crippen molar-refractivity contribution in [1.82, 2.24) is 19.4 Å². The Morgan fingerprint density at radius 2 is 2.00 bits per heavy atom. The lowest BCUT2D eigenvalue weighted by molar-refractivity contribution is -0.389. The first-order valence-corrected chi connectivity index (χ1v) is 12.6. The van der Waals surface area contributed by atoms with Gasteiger partial charge >= 0.3 is 17.9 Å². The van der Waals surface area contributed by atoms with Gasteiger partial charge in [-0.2, -0.15) is 0 Å². The van der Waals surface area contributed by atoms with Crippen LogP contribution in [-0.4, -0.2) is 74.9 Å². The van der Waals surface area contributed by atoms with Crippen molar-refractivity contribution in [3.8, 4) is 11.8 Å². The number of carbonyl (C=O) groups is 1. The minimum atomic E-state index is -0.528. The molecule has 1 amide bonds. The van der Waals surface area contributed by atoms with E-state index >= 15 is 0 Å². The summed E-state index contributed by atoms with van der Waals surface area (Å²) in [7, 11) is 0. The predicted octanol–water partition coefficient (Wildman–Crippen LogP) is 3.69. The lowest BCUT2D eigenvalue weighted by Gasteiger charge is -2.35. The van der Waals surface area contributed by atoms with Crippen LogP contribution >= 0.6 is 11.3 Å². The summed E-state index contributed by atoms with van der Waals surface area (Å²) in [4.78, 5) is 35.3. The maximum atomic E-state index is 12.3. The van der Waals surface area contributed by atoms with Crippen molar-refractivity contribution in [3.63, 3.8) is 0 Å². The maximum absolute atomic E-state index is 12.3. The molecule has 1 saturated heterocycles. The topological polar surface area (TPSA) is 125 Å². The third kappa shape index (κ3) is 5.30. The SMILES string of the molecule is CC(C)(C)OC(=O)N1CCN(c2nc3ccc(OC[C@H]4CCn5cc([N+](=O)[O-])nc5O4)cc3s2)CC1. The molecule has 192 valence electrons. The summed E-state index contributed by atoms with van der Waals surface area (Å²) in [6, 6.07) is 6.01. The molecule has 4 heterocycles. The van der Waals surface area contributed by atoms with E-state index in [1.807, 2.05) is 39.0 Å². The Kier molecular flexibility index (Phi) is 6.33. The van der Waals surface area contributed by atoms with Gasteiger partial charge in [0.05, 0.1) is 10.2 Å². The van der Waals surface area contributed by atoms with Gasteiger partial charge in [-0.15, -0.1) is 0 Å². The highest BCUT2D eigenvalue weighted by Crippen LogP contribution is 2.32. The van der Waals surface area contributed by atoms with Gasteiger partial charge < -0.3 is 34.1 Å². The number of thiazole rings is 1. The van der Waals surface area contributed by atoms with E-state index in [9.17, 15) is 14.9 Å². The quantitative estimate of drug-likeness (QED) is 0.369. The van der Waals surface area contributed by atoms with Gasteiger partial charge in [0, 0.05) is 44.1 Å². The van der Waals surface area contributed by atoms with E-state index in [1.165, 1.54) is 6.20 Å². The fourth-order valence-electron chi connectivity index (χ4n) is 4.05. The zero-order chi connectivity index (χ0) is 25.4. The van der Waals surface area contributed by atoms with Crippen LogP contribution in [0.5, 0.6) is 11.8 Å². The van der Waals surface area contributed by atoms with Crippen molar-refractivity contribution in [1.29, 1.82) is 0 Å². The van der Waals surface area contributed by atoms with Crippen molar-refractivity contribution in [2.24, 2.45) is 0 Å². The van der Waals surface area contributed by atoms with E-state index in [0.29, 0.717) is 51.5 Å². The molecule has 2 aliphatic heterocycles. The molecular formula is C23H28N6O6S. The maximum Gasteiger partial charge on any atom is 0.414 e. The van der Waals surface area contributed by atoms with Gasteiger partial charge in [-0.1, -0.05) is 11.3 Å². The Balaban J connectivity index is 1.17. The van der Waals surface area contributed by atoms with Gasteiger partial charge in [-0.05, 0) is 43.9 Å². The van der Waals surface area contributed by atoms with E-state index < -0.39 is 10.5 Å². The summed E-state index contributed by atoms with van der Waals surface area (Å²) in [5, 5.41) is 11.8. The largest absolute Gasteiger partial charge is 0.490 e. The van der Waals surface area contributed by atoms with Crippen LogP contribution < -0.4 is 14.4 Å². The molecule has 0 radical (unpaired) electrons. The molecule has 3 aromatic rings. The van der Waals surface area contributed by atoms with Gasteiger partial charge in [0.2, 0.25) is 0 Å². The molecule has 36 heavy (non-hydrogen) atoms. The molecule has 0 saturated carbocycles. The molecule has 13 heteroatoms. The molecule has 0 spiro atoms. The van der Waals surface area contributed by atoms with Crippen LogP contribution in [0.2, 0.25) is 0 Å². The average molecular weight is 517 g/mol. The summed E-state index contributed by atoms with van der Waals surface area (Å²) in [5.74, 6) is 0.486. The number of aryl methyl sites for hydroxylation is 1. The second kappa shape index (κ2) is 9.45. The predicted molar refractivity (Wildman–Crippen MR) is 133 cm³/mol. The van der Waals surface area contributed by atoms with E-state index in [0.717, 1.165) is 15.3 Å². The Hall–Kier alpha value is -3.61. The number of fused-ring (bicyclic) bond motifs is 2. The number of rotatable bonds is 5. The number of anilines is 1. The number of aromatic nitrogens is 3. The van der Waals surface area contributed by atoms with Crippen molar-refractivity contribution in [3.05, 3.63) is 34.5 Å². The highest BCUT2D eigenvalue weighted by atomic mass is 32.1. The second-order valence-corrected chi connectivity index (χ2v) is 10.8. The smallest absolute Gasteiger partial charge is 0.414 e. The third-order valence-corrected chi connectivity index (χ3v) is 6.94. The number of ether oxygens (including phenoxy) is 3. The Labute approximate surface area is 211 Å². The summed E-state index contributed by atoms with van der Waals surface area (Å²) in [5.41, 5.74) is 0.382. The first-order valence-electron chi connectivity index (χ1n) is 11.8. The molecule has 1 atom stereocenters. The molecule has 2 aliphatic rings. The normalized spacial score (nSPS) is 18.0. The van der Waals surface area contributed by atoms with Crippen molar-refractivity contribution in [2.45, 2.75) is 45.4 Å². The molecule has 12 nitrogen and oxygen atoms in total. The lowest BCUT2D eigenvalue weighted by Crippen LogP contribution is -2.50. The molecule has 0 N–H and O–H groups in total. The minimum Gasteiger partial charge on any atom is -0.490 e. The van der Waals surface area contributed by atoms with Crippen molar-refractivity contribution >= 4 is 38.6 Å². The zero-order valence-electron chi connectivity index (χ0n) is 20.4. The Bertz CT molecular complexity index is 1280. The van der Waals surface area contributed by atoms with Gasteiger partial charge in [0.15, 0.2) is 5.13 Å².